The fourth-order valence-electron chi connectivity index (χ4n) is 1.37. The average Bonchev–Trinajstić information content (AvgIpc) is 2.26. The summed E-state index contributed by atoms with van der Waals surface area (Å²) in [6, 6.07) is 1.48. The van der Waals surface area contributed by atoms with Crippen molar-refractivity contribution in [3.8, 4) is 0 Å². The maximum absolute atomic E-state index is 11.5. The van der Waals surface area contributed by atoms with Gasteiger partial charge in [-0.1, -0.05) is 30.1 Å². The second kappa shape index (κ2) is 7.16. The summed E-state index contributed by atoms with van der Waals surface area (Å²) in [5.41, 5.74) is 4.94. The molecular weight excluding hydrogens is 293 g/mol. The van der Waals surface area contributed by atoms with E-state index in [-0.39, 0.29) is 35.5 Å². The van der Waals surface area contributed by atoms with E-state index in [1.165, 1.54) is 12.3 Å². The highest BCUT2D eigenvalue weighted by Crippen LogP contribution is 2.21. The van der Waals surface area contributed by atoms with Crippen LogP contribution in [0.2, 0.25) is 10.0 Å². The minimum absolute atomic E-state index is 0.0621. The third kappa shape index (κ3) is 5.76. The van der Waals surface area contributed by atoms with Crippen molar-refractivity contribution >= 4 is 40.9 Å². The number of hydrazine groups is 1. The zero-order valence-corrected chi connectivity index (χ0v) is 11.6. The van der Waals surface area contributed by atoms with Gasteiger partial charge in [0, 0.05) is 19.0 Å². The summed E-state index contributed by atoms with van der Waals surface area (Å²) in [5, 5.41) is 9.24. The number of anilines is 1. The van der Waals surface area contributed by atoms with Gasteiger partial charge in [-0.2, -0.15) is 0 Å². The SMILES string of the molecule is C[C@H](CC(=O)O)CC(=O)NNc1ncc(Cl)cc1Cl. The minimum Gasteiger partial charge on any atom is -0.481 e. The predicted molar refractivity (Wildman–Crippen MR) is 72.1 cm³/mol. The molecule has 1 heterocycles. The van der Waals surface area contributed by atoms with E-state index in [1.807, 2.05) is 0 Å². The minimum atomic E-state index is -0.935. The Bertz CT molecular complexity index is 482. The van der Waals surface area contributed by atoms with Crippen molar-refractivity contribution in [3.05, 3.63) is 22.3 Å². The molecule has 19 heavy (non-hydrogen) atoms. The second-order valence-electron chi connectivity index (χ2n) is 4.06. The van der Waals surface area contributed by atoms with Gasteiger partial charge in [0.15, 0.2) is 5.82 Å². The molecule has 0 radical (unpaired) electrons. The highest BCUT2D eigenvalue weighted by Gasteiger charge is 2.12. The van der Waals surface area contributed by atoms with Crippen LogP contribution in [-0.4, -0.2) is 22.0 Å². The number of carboxylic acids is 1. The number of hydrogen-bond donors (Lipinski definition) is 3. The molecule has 0 aliphatic carbocycles. The second-order valence-corrected chi connectivity index (χ2v) is 4.91. The van der Waals surface area contributed by atoms with Crippen molar-refractivity contribution in [1.82, 2.24) is 10.4 Å². The maximum Gasteiger partial charge on any atom is 0.303 e. The van der Waals surface area contributed by atoms with Crippen molar-refractivity contribution in [2.75, 3.05) is 5.43 Å². The van der Waals surface area contributed by atoms with Crippen LogP contribution in [-0.2, 0) is 9.59 Å². The van der Waals surface area contributed by atoms with Crippen molar-refractivity contribution < 1.29 is 14.7 Å². The monoisotopic (exact) mass is 305 g/mol. The molecule has 0 saturated heterocycles. The van der Waals surface area contributed by atoms with Crippen LogP contribution in [0.3, 0.4) is 0 Å². The number of aromatic nitrogens is 1. The number of halogens is 2. The molecule has 0 aromatic carbocycles. The number of nitrogens with zero attached hydrogens (tertiary/aromatic N) is 1. The number of carbonyl (C=O) groups excluding carboxylic acids is 1. The lowest BCUT2D eigenvalue weighted by atomic mass is 10.0. The molecule has 1 atom stereocenters. The number of carbonyl (C=O) groups is 2. The Labute approximate surface area is 120 Å². The molecule has 0 aliphatic heterocycles. The zero-order valence-electron chi connectivity index (χ0n) is 10.1. The lowest BCUT2D eigenvalue weighted by molar-refractivity contribution is -0.138. The number of amides is 1. The van der Waals surface area contributed by atoms with Crippen LogP contribution in [0.1, 0.15) is 19.8 Å². The van der Waals surface area contributed by atoms with E-state index in [4.69, 9.17) is 28.3 Å². The molecule has 0 unspecified atom stereocenters. The first-order valence-corrected chi connectivity index (χ1v) is 6.21. The van der Waals surface area contributed by atoms with Gasteiger partial charge in [0.2, 0.25) is 5.91 Å². The molecular formula is C11H13Cl2N3O3. The first kappa shape index (κ1) is 15.5. The van der Waals surface area contributed by atoms with E-state index in [1.54, 1.807) is 6.92 Å². The molecule has 6 nitrogen and oxygen atoms in total. The molecule has 104 valence electrons. The Morgan fingerprint density at radius 1 is 1.42 bits per heavy atom. The van der Waals surface area contributed by atoms with Gasteiger partial charge in [-0.15, -0.1) is 0 Å². The van der Waals surface area contributed by atoms with Gasteiger partial charge in [0.05, 0.1) is 10.0 Å². The molecule has 3 N–H and O–H groups in total. The highest BCUT2D eigenvalue weighted by molar-refractivity contribution is 6.35. The quantitative estimate of drug-likeness (QED) is 0.702. The third-order valence-electron chi connectivity index (χ3n) is 2.19. The molecule has 1 aromatic heterocycles. The largest absolute Gasteiger partial charge is 0.481 e. The van der Waals surface area contributed by atoms with Gasteiger partial charge in [-0.3, -0.25) is 20.4 Å². The van der Waals surface area contributed by atoms with Crippen LogP contribution in [0, 0.1) is 5.92 Å². The Morgan fingerprint density at radius 2 is 2.11 bits per heavy atom. The topological polar surface area (TPSA) is 91.3 Å². The number of carboxylic acid groups (broad SMARTS) is 1. The lowest BCUT2D eigenvalue weighted by Gasteiger charge is -2.11. The van der Waals surface area contributed by atoms with Gasteiger partial charge in [0.25, 0.3) is 0 Å². The highest BCUT2D eigenvalue weighted by atomic mass is 35.5. The lowest BCUT2D eigenvalue weighted by Crippen LogP contribution is -2.31. The van der Waals surface area contributed by atoms with Gasteiger partial charge < -0.3 is 5.11 Å². The summed E-state index contributed by atoms with van der Waals surface area (Å²) in [5.74, 6) is -1.27. The molecule has 0 bridgehead atoms. The normalized spacial score (nSPS) is 11.7. The number of pyridine rings is 1. The number of hydrogen-bond acceptors (Lipinski definition) is 4. The average molecular weight is 306 g/mol. The standard InChI is InChI=1S/C11H13Cl2N3O3/c1-6(3-10(18)19)2-9(17)15-16-11-8(13)4-7(12)5-14-11/h4-6H,2-3H2,1H3,(H,14,16)(H,15,17)(H,18,19)/t6-/m0/s1. The molecule has 0 spiro atoms. The molecule has 0 fully saturated rings. The molecule has 1 amide bonds. The van der Waals surface area contributed by atoms with Crippen LogP contribution < -0.4 is 10.9 Å². The van der Waals surface area contributed by atoms with Crippen molar-refractivity contribution in [3.63, 3.8) is 0 Å². The molecule has 8 heteroatoms. The van der Waals surface area contributed by atoms with Crippen LogP contribution in [0.4, 0.5) is 5.82 Å². The smallest absolute Gasteiger partial charge is 0.303 e. The van der Waals surface area contributed by atoms with E-state index in [0.29, 0.717) is 5.02 Å². The third-order valence-corrected chi connectivity index (χ3v) is 2.68. The Kier molecular flexibility index (Phi) is 5.85. The summed E-state index contributed by atoms with van der Waals surface area (Å²) in [6.07, 6.45) is 1.41. The summed E-state index contributed by atoms with van der Waals surface area (Å²) >= 11 is 11.5. The first-order valence-electron chi connectivity index (χ1n) is 5.46. The van der Waals surface area contributed by atoms with Gasteiger partial charge >= 0.3 is 5.97 Å². The summed E-state index contributed by atoms with van der Waals surface area (Å²) in [6.45, 7) is 1.68. The maximum atomic E-state index is 11.5. The van der Waals surface area contributed by atoms with Crippen molar-refractivity contribution in [2.45, 2.75) is 19.8 Å². The zero-order chi connectivity index (χ0) is 14.4. The Morgan fingerprint density at radius 3 is 2.68 bits per heavy atom. The van der Waals surface area contributed by atoms with Crippen molar-refractivity contribution in [2.24, 2.45) is 5.92 Å². The predicted octanol–water partition coefficient (Wildman–Crippen LogP) is 2.33. The van der Waals surface area contributed by atoms with Crippen LogP contribution in [0.15, 0.2) is 12.3 Å². The summed E-state index contributed by atoms with van der Waals surface area (Å²) < 4.78 is 0. The fourth-order valence-corrected chi connectivity index (χ4v) is 1.80. The van der Waals surface area contributed by atoms with E-state index < -0.39 is 5.97 Å². The number of nitrogens with one attached hydrogen (secondary N) is 2. The Balaban J connectivity index is 2.43. The fraction of sp³-hybridized carbons (Fsp3) is 0.364. The number of rotatable bonds is 6. The molecule has 0 saturated carbocycles. The van der Waals surface area contributed by atoms with Crippen LogP contribution >= 0.6 is 23.2 Å². The van der Waals surface area contributed by atoms with Gasteiger partial charge in [-0.25, -0.2) is 4.98 Å². The van der Waals surface area contributed by atoms with E-state index in [2.05, 4.69) is 15.8 Å². The van der Waals surface area contributed by atoms with E-state index in [0.717, 1.165) is 0 Å². The van der Waals surface area contributed by atoms with Crippen LogP contribution in [0.5, 0.6) is 0 Å². The van der Waals surface area contributed by atoms with Gasteiger partial charge in [0.1, 0.15) is 0 Å². The summed E-state index contributed by atoms with van der Waals surface area (Å²) in [7, 11) is 0. The molecule has 0 aliphatic rings. The Hall–Kier alpha value is -1.53. The first-order chi connectivity index (χ1) is 8.88. The van der Waals surface area contributed by atoms with Gasteiger partial charge in [-0.05, 0) is 12.0 Å². The summed E-state index contributed by atoms with van der Waals surface area (Å²) in [4.78, 5) is 25.9. The van der Waals surface area contributed by atoms with Crippen molar-refractivity contribution in [1.29, 1.82) is 0 Å². The van der Waals surface area contributed by atoms with E-state index >= 15 is 0 Å². The van der Waals surface area contributed by atoms with Crippen LogP contribution in [0.25, 0.3) is 0 Å². The van der Waals surface area contributed by atoms with E-state index in [9.17, 15) is 9.59 Å². The molecule has 1 aromatic rings. The number of aliphatic carboxylic acids is 1. The molecule has 1 rings (SSSR count).